The lowest BCUT2D eigenvalue weighted by molar-refractivity contribution is 0.0773. The van der Waals surface area contributed by atoms with Gasteiger partial charge in [-0.25, -0.2) is 0 Å². The Morgan fingerprint density at radius 3 is 2.32 bits per heavy atom. The van der Waals surface area contributed by atoms with Gasteiger partial charge in [-0.1, -0.05) is 30.3 Å². The lowest BCUT2D eigenvalue weighted by Gasteiger charge is -2.39. The molecule has 3 rings (SSSR count). The lowest BCUT2D eigenvalue weighted by atomic mass is 9.95. The van der Waals surface area contributed by atoms with Crippen LogP contribution in [0.2, 0.25) is 0 Å². The van der Waals surface area contributed by atoms with Crippen LogP contribution in [0, 0.1) is 0 Å². The van der Waals surface area contributed by atoms with Crippen molar-refractivity contribution in [2.45, 2.75) is 19.9 Å². The van der Waals surface area contributed by atoms with Crippen LogP contribution in [-0.4, -0.2) is 73.5 Å². The van der Waals surface area contributed by atoms with Crippen molar-refractivity contribution in [3.8, 4) is 5.75 Å². The first-order valence-electron chi connectivity index (χ1n) is 11.2. The van der Waals surface area contributed by atoms with Crippen molar-refractivity contribution in [3.05, 3.63) is 77.9 Å². The molecule has 2 aromatic rings. The van der Waals surface area contributed by atoms with E-state index in [9.17, 15) is 4.79 Å². The highest BCUT2D eigenvalue weighted by atomic mass is 16.5. The molecular weight excluding hydrogens is 386 g/mol. The number of hydrogen-bond donors (Lipinski definition) is 0. The van der Waals surface area contributed by atoms with Crippen molar-refractivity contribution in [3.63, 3.8) is 0 Å². The molecular formula is C26H35N3O2. The van der Waals surface area contributed by atoms with Gasteiger partial charge in [0.15, 0.2) is 0 Å². The Morgan fingerprint density at radius 2 is 1.74 bits per heavy atom. The minimum absolute atomic E-state index is 0.0903. The maximum Gasteiger partial charge on any atom is 0.253 e. The van der Waals surface area contributed by atoms with Crippen LogP contribution in [-0.2, 0) is 0 Å². The molecule has 0 radical (unpaired) electrons. The minimum atomic E-state index is 0.0903. The van der Waals surface area contributed by atoms with Gasteiger partial charge in [0.2, 0.25) is 0 Å². The third kappa shape index (κ3) is 5.54. The second kappa shape index (κ2) is 11.1. The molecule has 1 aliphatic heterocycles. The molecule has 5 nitrogen and oxygen atoms in total. The largest absolute Gasteiger partial charge is 0.497 e. The third-order valence-corrected chi connectivity index (χ3v) is 6.09. The smallest absolute Gasteiger partial charge is 0.253 e. The Morgan fingerprint density at radius 1 is 1.06 bits per heavy atom. The van der Waals surface area contributed by atoms with E-state index in [1.165, 1.54) is 11.1 Å². The van der Waals surface area contributed by atoms with Crippen LogP contribution in [0.4, 0.5) is 0 Å². The standard InChI is InChI=1S/C26H35N3O2/c1-5-15-27-16-18-29(19-17-27)25(23-9-8-10-24(20-23)31-4)21-11-13-22(14-12-21)26(30)28(6-2)7-3/h5,8-14,20,25H,1,6-7,15-19H2,2-4H3/t25-/m1/s1. The molecule has 1 atom stereocenters. The van der Waals surface area contributed by atoms with Gasteiger partial charge in [-0.2, -0.15) is 0 Å². The Kier molecular flexibility index (Phi) is 8.27. The summed E-state index contributed by atoms with van der Waals surface area (Å²) in [5, 5.41) is 0. The minimum Gasteiger partial charge on any atom is -0.497 e. The average molecular weight is 422 g/mol. The summed E-state index contributed by atoms with van der Waals surface area (Å²) in [6.45, 7) is 14.3. The molecule has 0 saturated carbocycles. The van der Waals surface area contributed by atoms with E-state index in [1.54, 1.807) is 7.11 Å². The predicted octanol–water partition coefficient (Wildman–Crippen LogP) is 4.07. The molecule has 1 heterocycles. The fraction of sp³-hybridized carbons (Fsp3) is 0.423. The van der Waals surface area contributed by atoms with Crippen molar-refractivity contribution in [1.82, 2.24) is 14.7 Å². The first-order chi connectivity index (χ1) is 15.1. The fourth-order valence-electron chi connectivity index (χ4n) is 4.31. The number of nitrogens with zero attached hydrogens (tertiary/aromatic N) is 3. The maximum atomic E-state index is 12.7. The van der Waals surface area contributed by atoms with Crippen molar-refractivity contribution in [1.29, 1.82) is 0 Å². The highest BCUT2D eigenvalue weighted by Crippen LogP contribution is 2.32. The second-order valence-electron chi connectivity index (χ2n) is 7.90. The zero-order valence-electron chi connectivity index (χ0n) is 19.1. The van der Waals surface area contributed by atoms with Gasteiger partial charge in [0.05, 0.1) is 13.2 Å². The normalized spacial score (nSPS) is 16.0. The maximum absolute atomic E-state index is 12.7. The van der Waals surface area contributed by atoms with Crippen LogP contribution in [0.25, 0.3) is 0 Å². The number of hydrogen-bond acceptors (Lipinski definition) is 4. The fourth-order valence-corrected chi connectivity index (χ4v) is 4.31. The Hall–Kier alpha value is -2.63. The lowest BCUT2D eigenvalue weighted by Crippen LogP contribution is -2.47. The molecule has 1 saturated heterocycles. The van der Waals surface area contributed by atoms with Gasteiger partial charge in [-0.05, 0) is 49.2 Å². The molecule has 2 aromatic carbocycles. The Labute approximate surface area is 186 Å². The van der Waals surface area contributed by atoms with E-state index >= 15 is 0 Å². The monoisotopic (exact) mass is 421 g/mol. The Balaban J connectivity index is 1.89. The van der Waals surface area contributed by atoms with Crippen molar-refractivity contribution >= 4 is 5.91 Å². The second-order valence-corrected chi connectivity index (χ2v) is 7.90. The van der Waals surface area contributed by atoms with Crippen LogP contribution in [0.1, 0.15) is 41.4 Å². The summed E-state index contributed by atoms with van der Waals surface area (Å²) in [4.78, 5) is 19.5. The molecule has 0 bridgehead atoms. The molecule has 0 aliphatic carbocycles. The number of carbonyl (C=O) groups is 1. The number of ether oxygens (including phenoxy) is 1. The van der Waals surface area contributed by atoms with Crippen LogP contribution in [0.15, 0.2) is 61.2 Å². The Bertz CT molecular complexity index is 853. The van der Waals surface area contributed by atoms with E-state index in [1.807, 2.05) is 49.1 Å². The zero-order chi connectivity index (χ0) is 22.2. The molecule has 0 aromatic heterocycles. The van der Waals surface area contributed by atoms with Gasteiger partial charge in [0.1, 0.15) is 5.75 Å². The molecule has 1 aliphatic rings. The summed E-state index contributed by atoms with van der Waals surface area (Å²) in [5.41, 5.74) is 3.15. The highest BCUT2D eigenvalue weighted by molar-refractivity contribution is 5.94. The topological polar surface area (TPSA) is 36.0 Å². The number of amides is 1. The quantitative estimate of drug-likeness (QED) is 0.572. The van der Waals surface area contributed by atoms with E-state index in [0.717, 1.165) is 57.1 Å². The van der Waals surface area contributed by atoms with Gasteiger partial charge >= 0.3 is 0 Å². The summed E-state index contributed by atoms with van der Waals surface area (Å²) < 4.78 is 5.49. The van der Waals surface area contributed by atoms with Gasteiger partial charge in [-0.15, -0.1) is 6.58 Å². The summed E-state index contributed by atoms with van der Waals surface area (Å²) in [5.74, 6) is 0.952. The molecule has 5 heteroatoms. The van der Waals surface area contributed by atoms with Crippen molar-refractivity contribution in [2.75, 3.05) is 52.9 Å². The molecule has 31 heavy (non-hydrogen) atoms. The number of carbonyl (C=O) groups excluding carboxylic acids is 1. The summed E-state index contributed by atoms with van der Waals surface area (Å²) >= 11 is 0. The van der Waals surface area contributed by atoms with E-state index in [2.05, 4.69) is 40.6 Å². The van der Waals surface area contributed by atoms with Gasteiger partial charge < -0.3 is 9.64 Å². The number of piperazine rings is 1. The van der Waals surface area contributed by atoms with Crippen LogP contribution in [0.3, 0.4) is 0 Å². The van der Waals surface area contributed by atoms with Gasteiger partial charge in [-0.3, -0.25) is 14.6 Å². The molecule has 0 spiro atoms. The van der Waals surface area contributed by atoms with E-state index in [-0.39, 0.29) is 11.9 Å². The number of benzene rings is 2. The molecule has 1 fully saturated rings. The molecule has 0 N–H and O–H groups in total. The summed E-state index contributed by atoms with van der Waals surface area (Å²) in [7, 11) is 1.70. The van der Waals surface area contributed by atoms with Crippen LogP contribution in [0.5, 0.6) is 5.75 Å². The van der Waals surface area contributed by atoms with Crippen molar-refractivity contribution in [2.24, 2.45) is 0 Å². The molecule has 166 valence electrons. The number of rotatable bonds is 9. The molecule has 0 unspecified atom stereocenters. The third-order valence-electron chi connectivity index (χ3n) is 6.09. The van der Waals surface area contributed by atoms with E-state index in [4.69, 9.17) is 4.74 Å². The summed E-state index contributed by atoms with van der Waals surface area (Å²) in [6, 6.07) is 16.6. The van der Waals surface area contributed by atoms with Crippen molar-refractivity contribution < 1.29 is 9.53 Å². The van der Waals surface area contributed by atoms with Gasteiger partial charge in [0.25, 0.3) is 5.91 Å². The average Bonchev–Trinajstić information content (AvgIpc) is 2.82. The highest BCUT2D eigenvalue weighted by Gasteiger charge is 2.27. The SMILES string of the molecule is C=CCN1CCN([C@H](c2ccc(C(=O)N(CC)CC)cc2)c2cccc(OC)c2)CC1. The first kappa shape index (κ1) is 23.0. The van der Waals surface area contributed by atoms with Crippen LogP contribution < -0.4 is 4.74 Å². The summed E-state index contributed by atoms with van der Waals surface area (Å²) in [6.07, 6.45) is 1.97. The van der Waals surface area contributed by atoms with E-state index in [0.29, 0.717) is 0 Å². The first-order valence-corrected chi connectivity index (χ1v) is 11.2. The van der Waals surface area contributed by atoms with E-state index < -0.39 is 0 Å². The van der Waals surface area contributed by atoms with Gasteiger partial charge in [0, 0.05) is 51.4 Å². The predicted molar refractivity (Wildman–Crippen MR) is 127 cm³/mol. The molecule has 1 amide bonds. The number of methoxy groups -OCH3 is 1. The zero-order valence-corrected chi connectivity index (χ0v) is 19.1. The van der Waals surface area contributed by atoms with Crippen LogP contribution >= 0.6 is 0 Å².